The number of carbonyl (C=O) groups excluding carboxylic acids is 1. The molecular formula is C19H18N4O3S. The number of nitrogens with one attached hydrogen (secondary N) is 2. The molecule has 0 saturated heterocycles. The molecule has 7 nitrogen and oxygen atoms in total. The SMILES string of the molecule is Cc1cc(C)nc(NC(=O)c2cccc(S(=O)(=O)Nc3ccccc3)c2)n1. The van der Waals surface area contributed by atoms with Gasteiger partial charge in [-0.1, -0.05) is 24.3 Å². The number of rotatable bonds is 5. The van der Waals surface area contributed by atoms with Crippen LogP contribution in [0.25, 0.3) is 0 Å². The lowest BCUT2D eigenvalue weighted by Gasteiger charge is -2.10. The zero-order valence-corrected chi connectivity index (χ0v) is 15.6. The standard InChI is InChI=1S/C19H18N4O3S/c1-13-11-14(2)21-19(20-13)22-18(24)15-7-6-10-17(12-15)27(25,26)23-16-8-4-3-5-9-16/h3-12,23H,1-2H3,(H,20,21,22,24). The second-order valence-electron chi connectivity index (χ2n) is 5.93. The van der Waals surface area contributed by atoms with Gasteiger partial charge in [0.15, 0.2) is 0 Å². The predicted octanol–water partition coefficient (Wildman–Crippen LogP) is 3.15. The van der Waals surface area contributed by atoms with Gasteiger partial charge in [0.2, 0.25) is 5.95 Å². The van der Waals surface area contributed by atoms with Crippen molar-refractivity contribution in [3.8, 4) is 0 Å². The van der Waals surface area contributed by atoms with Crippen LogP contribution >= 0.6 is 0 Å². The Hall–Kier alpha value is -3.26. The van der Waals surface area contributed by atoms with Crippen molar-refractivity contribution in [2.45, 2.75) is 18.7 Å². The number of para-hydroxylation sites is 1. The lowest BCUT2D eigenvalue weighted by Crippen LogP contribution is -2.17. The predicted molar refractivity (Wildman–Crippen MR) is 103 cm³/mol. The molecule has 0 saturated carbocycles. The Morgan fingerprint density at radius 2 is 1.56 bits per heavy atom. The molecule has 138 valence electrons. The first-order valence-corrected chi connectivity index (χ1v) is 9.63. The zero-order chi connectivity index (χ0) is 19.4. The van der Waals surface area contributed by atoms with Crippen LogP contribution in [0.4, 0.5) is 11.6 Å². The molecule has 0 fully saturated rings. The summed E-state index contributed by atoms with van der Waals surface area (Å²) in [6.45, 7) is 3.60. The number of hydrogen-bond donors (Lipinski definition) is 2. The van der Waals surface area contributed by atoms with E-state index in [1.807, 2.05) is 0 Å². The van der Waals surface area contributed by atoms with Crippen molar-refractivity contribution in [2.75, 3.05) is 10.0 Å². The summed E-state index contributed by atoms with van der Waals surface area (Å²) in [5, 5.41) is 2.59. The molecule has 2 aromatic carbocycles. The Labute approximate surface area is 157 Å². The Kier molecular flexibility index (Phi) is 5.18. The highest BCUT2D eigenvalue weighted by molar-refractivity contribution is 7.92. The molecule has 0 radical (unpaired) electrons. The maximum Gasteiger partial charge on any atom is 0.261 e. The van der Waals surface area contributed by atoms with Crippen LogP contribution < -0.4 is 10.0 Å². The summed E-state index contributed by atoms with van der Waals surface area (Å²) in [6, 6.07) is 16.1. The van der Waals surface area contributed by atoms with Crippen molar-refractivity contribution in [1.82, 2.24) is 9.97 Å². The topological polar surface area (TPSA) is 101 Å². The summed E-state index contributed by atoms with van der Waals surface area (Å²) in [5.74, 6) is -0.315. The monoisotopic (exact) mass is 382 g/mol. The van der Waals surface area contributed by atoms with Gasteiger partial charge in [-0.15, -0.1) is 0 Å². The number of anilines is 2. The number of benzene rings is 2. The molecule has 3 aromatic rings. The van der Waals surface area contributed by atoms with Crippen LogP contribution in [0.15, 0.2) is 65.6 Å². The van der Waals surface area contributed by atoms with Gasteiger partial charge < -0.3 is 0 Å². The van der Waals surface area contributed by atoms with E-state index in [9.17, 15) is 13.2 Å². The van der Waals surface area contributed by atoms with E-state index in [0.717, 1.165) is 11.4 Å². The van der Waals surface area contributed by atoms with Gasteiger partial charge in [-0.25, -0.2) is 18.4 Å². The fraction of sp³-hybridized carbons (Fsp3) is 0.105. The molecule has 0 spiro atoms. The van der Waals surface area contributed by atoms with Crippen LogP contribution in [0.5, 0.6) is 0 Å². The van der Waals surface area contributed by atoms with E-state index in [2.05, 4.69) is 20.0 Å². The summed E-state index contributed by atoms with van der Waals surface area (Å²) in [7, 11) is -3.82. The van der Waals surface area contributed by atoms with Gasteiger partial charge in [-0.05, 0) is 50.2 Å². The van der Waals surface area contributed by atoms with Crippen molar-refractivity contribution in [3.63, 3.8) is 0 Å². The van der Waals surface area contributed by atoms with Crippen molar-refractivity contribution in [3.05, 3.63) is 77.6 Å². The summed E-state index contributed by atoms with van der Waals surface area (Å²) >= 11 is 0. The molecule has 0 aliphatic rings. The minimum atomic E-state index is -3.82. The minimum Gasteiger partial charge on any atom is -0.290 e. The normalized spacial score (nSPS) is 11.0. The molecule has 2 N–H and O–H groups in total. The van der Waals surface area contributed by atoms with Crippen LogP contribution in [-0.2, 0) is 10.0 Å². The third-order valence-electron chi connectivity index (χ3n) is 3.64. The van der Waals surface area contributed by atoms with Crippen LogP contribution in [0.2, 0.25) is 0 Å². The van der Waals surface area contributed by atoms with Crippen molar-refractivity contribution in [1.29, 1.82) is 0 Å². The summed E-state index contributed by atoms with van der Waals surface area (Å²) in [6.07, 6.45) is 0. The Morgan fingerprint density at radius 1 is 0.889 bits per heavy atom. The van der Waals surface area contributed by atoms with E-state index in [1.165, 1.54) is 24.3 Å². The average Bonchev–Trinajstić information content (AvgIpc) is 2.61. The molecular weight excluding hydrogens is 364 g/mol. The molecule has 27 heavy (non-hydrogen) atoms. The number of hydrogen-bond acceptors (Lipinski definition) is 5. The molecule has 8 heteroatoms. The number of aryl methyl sites for hydroxylation is 2. The third kappa shape index (κ3) is 4.68. The van der Waals surface area contributed by atoms with Crippen LogP contribution in [-0.4, -0.2) is 24.3 Å². The molecule has 0 aliphatic carbocycles. The van der Waals surface area contributed by atoms with Crippen molar-refractivity contribution >= 4 is 27.6 Å². The smallest absolute Gasteiger partial charge is 0.261 e. The van der Waals surface area contributed by atoms with E-state index >= 15 is 0 Å². The summed E-state index contributed by atoms with van der Waals surface area (Å²) in [4.78, 5) is 20.8. The number of nitrogens with zero attached hydrogens (tertiary/aromatic N) is 2. The van der Waals surface area contributed by atoms with E-state index in [4.69, 9.17) is 0 Å². The van der Waals surface area contributed by atoms with Gasteiger partial charge in [0.1, 0.15) is 0 Å². The van der Waals surface area contributed by atoms with Crippen LogP contribution in [0.3, 0.4) is 0 Å². The number of aromatic nitrogens is 2. The second-order valence-corrected chi connectivity index (χ2v) is 7.61. The quantitative estimate of drug-likeness (QED) is 0.706. The van der Waals surface area contributed by atoms with Gasteiger partial charge in [-0.3, -0.25) is 14.8 Å². The minimum absolute atomic E-state index is 0.0136. The third-order valence-corrected chi connectivity index (χ3v) is 5.02. The molecule has 0 bridgehead atoms. The molecule has 1 aromatic heterocycles. The molecule has 0 unspecified atom stereocenters. The molecule has 1 heterocycles. The van der Waals surface area contributed by atoms with E-state index < -0.39 is 15.9 Å². The first kappa shape index (κ1) is 18.5. The van der Waals surface area contributed by atoms with Crippen molar-refractivity contribution < 1.29 is 13.2 Å². The summed E-state index contributed by atoms with van der Waals surface area (Å²) < 4.78 is 27.6. The van der Waals surface area contributed by atoms with E-state index in [-0.39, 0.29) is 16.4 Å². The van der Waals surface area contributed by atoms with Gasteiger partial charge in [0.25, 0.3) is 15.9 Å². The highest BCUT2D eigenvalue weighted by Crippen LogP contribution is 2.17. The lowest BCUT2D eigenvalue weighted by molar-refractivity contribution is 0.102. The first-order valence-electron chi connectivity index (χ1n) is 8.15. The maximum absolute atomic E-state index is 12.6. The van der Waals surface area contributed by atoms with E-state index in [0.29, 0.717) is 5.69 Å². The first-order chi connectivity index (χ1) is 12.8. The average molecular weight is 382 g/mol. The fourth-order valence-electron chi connectivity index (χ4n) is 2.48. The Bertz CT molecular complexity index is 1060. The largest absolute Gasteiger partial charge is 0.290 e. The Balaban J connectivity index is 1.83. The van der Waals surface area contributed by atoms with Crippen LogP contribution in [0.1, 0.15) is 21.7 Å². The summed E-state index contributed by atoms with van der Waals surface area (Å²) in [5.41, 5.74) is 2.08. The van der Waals surface area contributed by atoms with Crippen LogP contribution in [0, 0.1) is 13.8 Å². The van der Waals surface area contributed by atoms with Gasteiger partial charge in [0, 0.05) is 22.6 Å². The molecule has 0 atom stereocenters. The molecule has 1 amide bonds. The molecule has 3 rings (SSSR count). The second kappa shape index (κ2) is 7.55. The maximum atomic E-state index is 12.6. The van der Waals surface area contributed by atoms with Gasteiger partial charge in [-0.2, -0.15) is 0 Å². The van der Waals surface area contributed by atoms with Gasteiger partial charge in [0.05, 0.1) is 4.90 Å². The number of amides is 1. The number of carbonyl (C=O) groups is 1. The van der Waals surface area contributed by atoms with Crippen molar-refractivity contribution in [2.24, 2.45) is 0 Å². The molecule has 0 aliphatic heterocycles. The highest BCUT2D eigenvalue weighted by atomic mass is 32.2. The number of sulfonamides is 1. The van der Waals surface area contributed by atoms with E-state index in [1.54, 1.807) is 50.2 Å². The highest BCUT2D eigenvalue weighted by Gasteiger charge is 2.17. The van der Waals surface area contributed by atoms with Gasteiger partial charge >= 0.3 is 0 Å². The Morgan fingerprint density at radius 3 is 2.22 bits per heavy atom. The zero-order valence-electron chi connectivity index (χ0n) is 14.8. The fourth-order valence-corrected chi connectivity index (χ4v) is 3.58. The lowest BCUT2D eigenvalue weighted by atomic mass is 10.2.